The Labute approximate surface area is 115 Å². The van der Waals surface area contributed by atoms with Crippen molar-refractivity contribution in [1.29, 1.82) is 0 Å². The predicted octanol–water partition coefficient (Wildman–Crippen LogP) is 3.32. The number of non-ortho nitro benzene ring substituents is 1. The first-order chi connectivity index (χ1) is 9.06. The van der Waals surface area contributed by atoms with Crippen LogP contribution in [-0.2, 0) is 6.42 Å². The lowest BCUT2D eigenvalue weighted by molar-refractivity contribution is -0.384. The second-order valence-electron chi connectivity index (χ2n) is 4.29. The van der Waals surface area contributed by atoms with Gasteiger partial charge in [0.15, 0.2) is 0 Å². The first kappa shape index (κ1) is 13.5. The molecule has 19 heavy (non-hydrogen) atoms. The van der Waals surface area contributed by atoms with Gasteiger partial charge in [-0.25, -0.2) is 4.98 Å². The van der Waals surface area contributed by atoms with Crippen molar-refractivity contribution in [3.63, 3.8) is 0 Å². The Morgan fingerprint density at radius 2 is 2.21 bits per heavy atom. The molecule has 1 aromatic heterocycles. The topological polar surface area (TPSA) is 68.1 Å². The maximum Gasteiger partial charge on any atom is 0.269 e. The molecule has 1 N–H and O–H groups in total. The fourth-order valence-electron chi connectivity index (χ4n) is 1.81. The standard InChI is InChI=1S/C13H15N3O2S/c1-9-7-12(16(17)18)3-4-13(9)14-6-5-11-8-19-10(2)15-11/h3-4,7-8,14H,5-6H2,1-2H3. The molecule has 0 aliphatic carbocycles. The Morgan fingerprint density at radius 1 is 1.42 bits per heavy atom. The Hall–Kier alpha value is -1.95. The molecular formula is C13H15N3O2S. The zero-order chi connectivity index (χ0) is 13.8. The minimum atomic E-state index is -0.380. The zero-order valence-electron chi connectivity index (χ0n) is 10.8. The number of hydrogen-bond acceptors (Lipinski definition) is 5. The van der Waals surface area contributed by atoms with E-state index in [1.165, 1.54) is 6.07 Å². The molecule has 0 fully saturated rings. The molecule has 2 rings (SSSR count). The molecule has 100 valence electrons. The van der Waals surface area contributed by atoms with Crippen LogP contribution in [0.2, 0.25) is 0 Å². The number of aromatic nitrogens is 1. The van der Waals surface area contributed by atoms with E-state index in [9.17, 15) is 10.1 Å². The van der Waals surface area contributed by atoms with E-state index in [0.29, 0.717) is 0 Å². The van der Waals surface area contributed by atoms with Gasteiger partial charge in [-0.1, -0.05) is 0 Å². The molecule has 1 heterocycles. The van der Waals surface area contributed by atoms with Crippen molar-refractivity contribution < 1.29 is 4.92 Å². The highest BCUT2D eigenvalue weighted by atomic mass is 32.1. The molecule has 0 saturated carbocycles. The molecule has 0 amide bonds. The lowest BCUT2D eigenvalue weighted by atomic mass is 10.1. The van der Waals surface area contributed by atoms with Crippen LogP contribution < -0.4 is 5.32 Å². The van der Waals surface area contributed by atoms with Crippen LogP contribution in [0.15, 0.2) is 23.6 Å². The van der Waals surface area contributed by atoms with Gasteiger partial charge in [0.05, 0.1) is 15.6 Å². The fourth-order valence-corrected chi connectivity index (χ4v) is 2.46. The van der Waals surface area contributed by atoms with E-state index in [0.717, 1.165) is 34.9 Å². The van der Waals surface area contributed by atoms with Gasteiger partial charge >= 0.3 is 0 Å². The third-order valence-corrected chi connectivity index (χ3v) is 3.61. The Morgan fingerprint density at radius 3 is 2.79 bits per heavy atom. The molecule has 2 aromatic rings. The minimum absolute atomic E-state index is 0.123. The number of nitro benzene ring substituents is 1. The van der Waals surface area contributed by atoms with E-state index in [2.05, 4.69) is 15.7 Å². The first-order valence-electron chi connectivity index (χ1n) is 5.96. The number of aryl methyl sites for hydroxylation is 2. The molecule has 6 heteroatoms. The highest BCUT2D eigenvalue weighted by Crippen LogP contribution is 2.21. The van der Waals surface area contributed by atoms with Gasteiger partial charge in [0.2, 0.25) is 0 Å². The van der Waals surface area contributed by atoms with Crippen LogP contribution in [0.25, 0.3) is 0 Å². The van der Waals surface area contributed by atoms with Gasteiger partial charge in [-0.05, 0) is 25.5 Å². The summed E-state index contributed by atoms with van der Waals surface area (Å²) in [6, 6.07) is 4.84. The quantitative estimate of drug-likeness (QED) is 0.672. The predicted molar refractivity (Wildman–Crippen MR) is 76.9 cm³/mol. The number of anilines is 1. The van der Waals surface area contributed by atoms with Gasteiger partial charge in [0.1, 0.15) is 0 Å². The number of nitrogens with one attached hydrogen (secondary N) is 1. The summed E-state index contributed by atoms with van der Waals surface area (Å²) >= 11 is 1.65. The van der Waals surface area contributed by atoms with Gasteiger partial charge in [-0.3, -0.25) is 10.1 Å². The number of rotatable bonds is 5. The van der Waals surface area contributed by atoms with Crippen LogP contribution in [0.4, 0.5) is 11.4 Å². The van der Waals surface area contributed by atoms with E-state index in [1.807, 2.05) is 13.8 Å². The Kier molecular flexibility index (Phi) is 4.11. The molecule has 0 bridgehead atoms. The van der Waals surface area contributed by atoms with Crippen molar-refractivity contribution in [1.82, 2.24) is 4.98 Å². The summed E-state index contributed by atoms with van der Waals surface area (Å²) in [6.07, 6.45) is 0.848. The Bertz CT molecular complexity index is 595. The van der Waals surface area contributed by atoms with E-state index in [4.69, 9.17) is 0 Å². The molecule has 0 spiro atoms. The molecule has 0 aliphatic rings. The molecular weight excluding hydrogens is 262 g/mol. The van der Waals surface area contributed by atoms with Crippen LogP contribution >= 0.6 is 11.3 Å². The van der Waals surface area contributed by atoms with Crippen molar-refractivity contribution >= 4 is 22.7 Å². The van der Waals surface area contributed by atoms with E-state index < -0.39 is 0 Å². The largest absolute Gasteiger partial charge is 0.384 e. The highest BCUT2D eigenvalue weighted by molar-refractivity contribution is 7.09. The second-order valence-corrected chi connectivity index (χ2v) is 5.35. The summed E-state index contributed by atoms with van der Waals surface area (Å²) in [6.45, 7) is 4.62. The van der Waals surface area contributed by atoms with Crippen LogP contribution in [0.3, 0.4) is 0 Å². The van der Waals surface area contributed by atoms with Crippen molar-refractivity contribution in [3.8, 4) is 0 Å². The van der Waals surface area contributed by atoms with Crippen molar-refractivity contribution in [2.24, 2.45) is 0 Å². The van der Waals surface area contributed by atoms with E-state index >= 15 is 0 Å². The molecule has 0 atom stereocenters. The van der Waals surface area contributed by atoms with Crippen LogP contribution in [0.1, 0.15) is 16.3 Å². The monoisotopic (exact) mass is 277 g/mol. The lowest BCUT2D eigenvalue weighted by Crippen LogP contribution is -2.06. The zero-order valence-corrected chi connectivity index (χ0v) is 11.7. The van der Waals surface area contributed by atoms with E-state index in [1.54, 1.807) is 23.5 Å². The molecule has 0 radical (unpaired) electrons. The highest BCUT2D eigenvalue weighted by Gasteiger charge is 2.07. The summed E-state index contributed by atoms with van der Waals surface area (Å²) in [5, 5.41) is 17.0. The molecule has 5 nitrogen and oxygen atoms in total. The van der Waals surface area contributed by atoms with Crippen LogP contribution in [-0.4, -0.2) is 16.5 Å². The number of nitro groups is 1. The Balaban J connectivity index is 1.94. The normalized spacial score (nSPS) is 10.4. The average molecular weight is 277 g/mol. The summed E-state index contributed by atoms with van der Waals surface area (Å²) in [5.41, 5.74) is 3.01. The van der Waals surface area contributed by atoms with E-state index in [-0.39, 0.29) is 10.6 Å². The second kappa shape index (κ2) is 5.79. The number of thiazole rings is 1. The van der Waals surface area contributed by atoms with Gasteiger partial charge in [-0.2, -0.15) is 0 Å². The summed E-state index contributed by atoms with van der Waals surface area (Å²) < 4.78 is 0. The number of nitrogens with zero attached hydrogens (tertiary/aromatic N) is 2. The van der Waals surface area contributed by atoms with Crippen LogP contribution in [0, 0.1) is 24.0 Å². The van der Waals surface area contributed by atoms with Crippen molar-refractivity contribution in [2.75, 3.05) is 11.9 Å². The molecule has 0 aliphatic heterocycles. The van der Waals surface area contributed by atoms with Gasteiger partial charge in [0.25, 0.3) is 5.69 Å². The third-order valence-electron chi connectivity index (χ3n) is 2.78. The summed E-state index contributed by atoms with van der Waals surface area (Å²) in [5.74, 6) is 0. The smallest absolute Gasteiger partial charge is 0.269 e. The maximum atomic E-state index is 10.6. The molecule has 0 unspecified atom stereocenters. The minimum Gasteiger partial charge on any atom is -0.384 e. The van der Waals surface area contributed by atoms with Crippen molar-refractivity contribution in [3.05, 3.63) is 50.0 Å². The fraction of sp³-hybridized carbons (Fsp3) is 0.308. The van der Waals surface area contributed by atoms with Gasteiger partial charge < -0.3 is 5.32 Å². The first-order valence-corrected chi connectivity index (χ1v) is 6.84. The molecule has 0 saturated heterocycles. The van der Waals surface area contributed by atoms with Gasteiger partial charge in [-0.15, -0.1) is 11.3 Å². The summed E-state index contributed by atoms with van der Waals surface area (Å²) in [4.78, 5) is 14.7. The molecule has 1 aromatic carbocycles. The number of hydrogen-bond donors (Lipinski definition) is 1. The van der Waals surface area contributed by atoms with Gasteiger partial charge in [0, 0.05) is 36.2 Å². The third kappa shape index (κ3) is 3.51. The SMILES string of the molecule is Cc1nc(CCNc2ccc([N+](=O)[O-])cc2C)cs1. The number of benzene rings is 1. The average Bonchev–Trinajstić information content (AvgIpc) is 2.77. The lowest BCUT2D eigenvalue weighted by Gasteiger charge is -2.08. The van der Waals surface area contributed by atoms with Crippen molar-refractivity contribution in [2.45, 2.75) is 20.3 Å². The van der Waals surface area contributed by atoms with Crippen LogP contribution in [0.5, 0.6) is 0 Å². The maximum absolute atomic E-state index is 10.6. The summed E-state index contributed by atoms with van der Waals surface area (Å²) in [7, 11) is 0.